The van der Waals surface area contributed by atoms with Crippen LogP contribution in [0.3, 0.4) is 0 Å². The van der Waals surface area contributed by atoms with Crippen molar-refractivity contribution < 1.29 is 9.53 Å². The van der Waals surface area contributed by atoms with Gasteiger partial charge in [0.05, 0.1) is 13.2 Å². The average Bonchev–Trinajstić information content (AvgIpc) is 3.07. The molecule has 0 aliphatic carbocycles. The smallest absolute Gasteiger partial charge is 0.245 e. The van der Waals surface area contributed by atoms with E-state index in [4.69, 9.17) is 27.9 Å². The highest BCUT2D eigenvalue weighted by Crippen LogP contribution is 2.25. The molecule has 1 heterocycles. The van der Waals surface area contributed by atoms with E-state index in [2.05, 4.69) is 15.6 Å². The van der Waals surface area contributed by atoms with Gasteiger partial charge in [-0.2, -0.15) is 0 Å². The number of nitrogens with one attached hydrogen (secondary N) is 2. The fraction of sp³-hybridized carbons (Fsp3) is 0.200. The minimum Gasteiger partial charge on any atom is -0.494 e. The second-order valence-electron chi connectivity index (χ2n) is 5.95. The molecule has 8 heteroatoms. The molecule has 5 nitrogen and oxygen atoms in total. The highest BCUT2D eigenvalue weighted by atomic mass is 35.5. The van der Waals surface area contributed by atoms with Crippen LogP contribution < -0.4 is 15.4 Å². The number of thiazole rings is 1. The molecule has 3 rings (SSSR count). The Morgan fingerprint density at radius 1 is 1.14 bits per heavy atom. The summed E-state index contributed by atoms with van der Waals surface area (Å²) in [5.41, 5.74) is 1.84. The first-order valence-electron chi connectivity index (χ1n) is 8.68. The average molecular weight is 436 g/mol. The molecule has 2 N–H and O–H groups in total. The van der Waals surface area contributed by atoms with E-state index in [-0.39, 0.29) is 12.5 Å². The zero-order chi connectivity index (χ0) is 19.9. The van der Waals surface area contributed by atoms with Crippen LogP contribution in [-0.4, -0.2) is 24.0 Å². The van der Waals surface area contributed by atoms with Gasteiger partial charge < -0.3 is 15.4 Å². The third-order valence-electron chi connectivity index (χ3n) is 3.72. The molecule has 0 bridgehead atoms. The SMILES string of the molecule is CCOc1ccc(NCC(=O)Nc2ncc(Cc3cc(Cl)cc(Cl)c3)s2)cc1. The van der Waals surface area contributed by atoms with E-state index in [0.29, 0.717) is 28.2 Å². The van der Waals surface area contributed by atoms with Crippen LogP contribution in [-0.2, 0) is 11.2 Å². The predicted octanol–water partition coefficient (Wildman–Crippen LogP) is 5.49. The lowest BCUT2D eigenvalue weighted by atomic mass is 10.1. The van der Waals surface area contributed by atoms with Gasteiger partial charge in [0.25, 0.3) is 0 Å². The number of ether oxygens (including phenoxy) is 1. The van der Waals surface area contributed by atoms with Crippen LogP contribution in [0.4, 0.5) is 10.8 Å². The van der Waals surface area contributed by atoms with Gasteiger partial charge in [-0.15, -0.1) is 11.3 Å². The van der Waals surface area contributed by atoms with Gasteiger partial charge in [-0.05, 0) is 55.0 Å². The lowest BCUT2D eigenvalue weighted by Crippen LogP contribution is -2.21. The molecule has 0 saturated carbocycles. The van der Waals surface area contributed by atoms with E-state index in [0.717, 1.165) is 21.9 Å². The van der Waals surface area contributed by atoms with E-state index >= 15 is 0 Å². The van der Waals surface area contributed by atoms with E-state index in [1.54, 1.807) is 12.3 Å². The summed E-state index contributed by atoms with van der Waals surface area (Å²) in [5, 5.41) is 7.63. The molecule has 0 spiro atoms. The van der Waals surface area contributed by atoms with Crippen molar-refractivity contribution in [2.24, 2.45) is 0 Å². The number of anilines is 2. The Balaban J connectivity index is 1.50. The molecule has 0 saturated heterocycles. The molecule has 0 fully saturated rings. The molecular formula is C20H19Cl2N3O2S. The molecule has 0 aliphatic rings. The van der Waals surface area contributed by atoms with Gasteiger partial charge in [0, 0.05) is 33.2 Å². The molecule has 28 heavy (non-hydrogen) atoms. The molecular weight excluding hydrogens is 417 g/mol. The van der Waals surface area contributed by atoms with Crippen LogP contribution in [0.25, 0.3) is 0 Å². The second kappa shape index (κ2) is 9.78. The highest BCUT2D eigenvalue weighted by molar-refractivity contribution is 7.15. The van der Waals surface area contributed by atoms with Gasteiger partial charge in [-0.25, -0.2) is 4.98 Å². The van der Waals surface area contributed by atoms with E-state index < -0.39 is 0 Å². The summed E-state index contributed by atoms with van der Waals surface area (Å²) in [5.74, 6) is 0.634. The third kappa shape index (κ3) is 6.12. The summed E-state index contributed by atoms with van der Waals surface area (Å²) in [6.07, 6.45) is 2.40. The monoisotopic (exact) mass is 435 g/mol. The van der Waals surface area contributed by atoms with Crippen molar-refractivity contribution in [1.82, 2.24) is 4.98 Å². The Morgan fingerprint density at radius 3 is 2.54 bits per heavy atom. The summed E-state index contributed by atoms with van der Waals surface area (Å²) >= 11 is 13.5. The van der Waals surface area contributed by atoms with Crippen LogP contribution in [0.15, 0.2) is 48.7 Å². The fourth-order valence-electron chi connectivity index (χ4n) is 2.54. The molecule has 146 valence electrons. The number of nitrogens with zero attached hydrogens (tertiary/aromatic N) is 1. The van der Waals surface area contributed by atoms with Crippen molar-refractivity contribution in [1.29, 1.82) is 0 Å². The predicted molar refractivity (Wildman–Crippen MR) is 116 cm³/mol. The molecule has 2 aromatic carbocycles. The molecule has 0 aliphatic heterocycles. The van der Waals surface area contributed by atoms with Crippen molar-refractivity contribution in [3.05, 3.63) is 69.1 Å². The number of benzene rings is 2. The lowest BCUT2D eigenvalue weighted by Gasteiger charge is -2.07. The van der Waals surface area contributed by atoms with E-state index in [1.165, 1.54) is 11.3 Å². The normalized spacial score (nSPS) is 10.5. The first-order chi connectivity index (χ1) is 13.5. The maximum atomic E-state index is 12.1. The number of carbonyl (C=O) groups is 1. The Bertz CT molecular complexity index is 925. The molecule has 0 radical (unpaired) electrons. The summed E-state index contributed by atoms with van der Waals surface area (Å²) in [7, 11) is 0. The summed E-state index contributed by atoms with van der Waals surface area (Å²) < 4.78 is 5.39. The van der Waals surface area contributed by atoms with Crippen LogP contribution in [0, 0.1) is 0 Å². The maximum Gasteiger partial charge on any atom is 0.245 e. The number of aromatic nitrogens is 1. The second-order valence-corrected chi connectivity index (χ2v) is 7.93. The number of rotatable bonds is 8. The zero-order valence-electron chi connectivity index (χ0n) is 15.2. The summed E-state index contributed by atoms with van der Waals surface area (Å²) in [6, 6.07) is 12.9. The largest absolute Gasteiger partial charge is 0.494 e. The number of amides is 1. The first-order valence-corrected chi connectivity index (χ1v) is 10.3. The van der Waals surface area contributed by atoms with Crippen LogP contribution >= 0.6 is 34.5 Å². The van der Waals surface area contributed by atoms with E-state index in [1.807, 2.05) is 43.3 Å². The minimum absolute atomic E-state index is 0.146. The van der Waals surface area contributed by atoms with Crippen LogP contribution in [0.2, 0.25) is 10.0 Å². The quantitative estimate of drug-likeness (QED) is 0.490. The van der Waals surface area contributed by atoms with Gasteiger partial charge in [-0.1, -0.05) is 23.2 Å². The topological polar surface area (TPSA) is 63.2 Å². The van der Waals surface area contributed by atoms with Gasteiger partial charge in [0.2, 0.25) is 5.91 Å². The van der Waals surface area contributed by atoms with Crippen molar-refractivity contribution in [3.8, 4) is 5.75 Å². The summed E-state index contributed by atoms with van der Waals surface area (Å²) in [4.78, 5) is 17.4. The molecule has 0 unspecified atom stereocenters. The number of halogens is 2. The summed E-state index contributed by atoms with van der Waals surface area (Å²) in [6.45, 7) is 2.70. The highest BCUT2D eigenvalue weighted by Gasteiger charge is 2.08. The van der Waals surface area contributed by atoms with Gasteiger partial charge in [-0.3, -0.25) is 4.79 Å². The third-order valence-corrected chi connectivity index (χ3v) is 5.07. The first kappa shape index (κ1) is 20.5. The maximum absolute atomic E-state index is 12.1. The van der Waals surface area contributed by atoms with Gasteiger partial charge in [0.15, 0.2) is 5.13 Å². The standard InChI is InChI=1S/C20H19Cl2N3O2S/c1-2-27-17-5-3-16(4-6-17)23-12-19(26)25-20-24-11-18(28-20)9-13-7-14(21)10-15(22)8-13/h3-8,10-11,23H,2,9,12H2,1H3,(H,24,25,26). The number of hydrogen-bond acceptors (Lipinski definition) is 5. The van der Waals surface area contributed by atoms with E-state index in [9.17, 15) is 4.79 Å². The Kier molecular flexibility index (Phi) is 7.14. The van der Waals surface area contributed by atoms with Crippen molar-refractivity contribution in [2.75, 3.05) is 23.8 Å². The molecule has 1 aromatic heterocycles. The number of hydrogen-bond donors (Lipinski definition) is 2. The van der Waals surface area contributed by atoms with Gasteiger partial charge >= 0.3 is 0 Å². The lowest BCUT2D eigenvalue weighted by molar-refractivity contribution is -0.114. The van der Waals surface area contributed by atoms with Crippen molar-refractivity contribution in [2.45, 2.75) is 13.3 Å². The Morgan fingerprint density at radius 2 is 1.86 bits per heavy atom. The Hall–Kier alpha value is -2.28. The molecule has 1 amide bonds. The van der Waals surface area contributed by atoms with Crippen molar-refractivity contribution >= 4 is 51.3 Å². The minimum atomic E-state index is -0.166. The molecule has 0 atom stereocenters. The Labute approximate surface area is 177 Å². The van der Waals surface area contributed by atoms with Gasteiger partial charge in [0.1, 0.15) is 5.75 Å². The zero-order valence-corrected chi connectivity index (χ0v) is 17.5. The van der Waals surface area contributed by atoms with Crippen LogP contribution in [0.1, 0.15) is 17.4 Å². The fourth-order valence-corrected chi connectivity index (χ4v) is 3.98. The molecule has 3 aromatic rings. The number of carbonyl (C=O) groups excluding carboxylic acids is 1. The van der Waals surface area contributed by atoms with Crippen LogP contribution in [0.5, 0.6) is 5.75 Å². The van der Waals surface area contributed by atoms with Crippen molar-refractivity contribution in [3.63, 3.8) is 0 Å².